The number of nitrogens with zero attached hydrogens (tertiary/aromatic N) is 2. The van der Waals surface area contributed by atoms with E-state index < -0.39 is 0 Å². The van der Waals surface area contributed by atoms with Gasteiger partial charge in [-0.3, -0.25) is 16.1 Å². The van der Waals surface area contributed by atoms with Crippen LogP contribution < -0.4 is 5.48 Å². The Balaban J connectivity index is 2.67. The molecule has 0 bridgehead atoms. The zero-order valence-electron chi connectivity index (χ0n) is 6.48. The Kier molecular flexibility index (Phi) is 1.91. The number of hydroxylamine groups is 1. The van der Waals surface area contributed by atoms with Crippen molar-refractivity contribution >= 4 is 27.6 Å². The molecule has 1 aromatic heterocycles. The number of hydrogen-bond acceptors (Lipinski definition) is 5. The molecule has 0 saturated carbocycles. The molecule has 1 aromatic carbocycles. The lowest BCUT2D eigenvalue weighted by Gasteiger charge is -2.00. The number of rotatable bonds is 1. The van der Waals surface area contributed by atoms with Gasteiger partial charge in [0.15, 0.2) is 5.84 Å². The van der Waals surface area contributed by atoms with Gasteiger partial charge in [0.2, 0.25) is 0 Å². The summed E-state index contributed by atoms with van der Waals surface area (Å²) in [5, 5.41) is 19.8. The number of fused-ring (bicyclic) bond motifs is 1. The number of amidine groups is 1. The monoisotopic (exact) mass is 194 g/mol. The minimum absolute atomic E-state index is 0.0448. The van der Waals surface area contributed by atoms with Gasteiger partial charge >= 0.3 is 0 Å². The molecule has 0 radical (unpaired) electrons. The Morgan fingerprint density at radius 3 is 3.15 bits per heavy atom. The van der Waals surface area contributed by atoms with Crippen LogP contribution in [0.3, 0.4) is 0 Å². The molecule has 0 aliphatic carbocycles. The summed E-state index contributed by atoms with van der Waals surface area (Å²) in [6.45, 7) is 0. The Morgan fingerprint density at radius 2 is 2.38 bits per heavy atom. The SMILES string of the molecule is N=C(NO)c1cccc2nnsc12. The average Bonchev–Trinajstić information content (AvgIpc) is 2.63. The largest absolute Gasteiger partial charge is 0.290 e. The number of hydrogen-bond donors (Lipinski definition) is 3. The van der Waals surface area contributed by atoms with E-state index in [1.54, 1.807) is 17.6 Å². The molecule has 0 aliphatic heterocycles. The normalized spacial score (nSPS) is 10.2. The second-order valence-corrected chi connectivity index (χ2v) is 3.17. The van der Waals surface area contributed by atoms with Crippen molar-refractivity contribution in [3.8, 4) is 0 Å². The van der Waals surface area contributed by atoms with Crippen molar-refractivity contribution in [2.75, 3.05) is 0 Å². The minimum Gasteiger partial charge on any atom is -0.290 e. The van der Waals surface area contributed by atoms with Crippen LogP contribution in [0.25, 0.3) is 10.2 Å². The van der Waals surface area contributed by atoms with Gasteiger partial charge in [0, 0.05) is 5.56 Å². The molecule has 0 saturated heterocycles. The Bertz CT molecular complexity index is 452. The first-order valence-electron chi connectivity index (χ1n) is 3.53. The van der Waals surface area contributed by atoms with Crippen LogP contribution in [0.4, 0.5) is 0 Å². The summed E-state index contributed by atoms with van der Waals surface area (Å²) in [5.74, 6) is -0.0448. The highest BCUT2D eigenvalue weighted by Gasteiger charge is 2.07. The molecule has 0 amide bonds. The van der Waals surface area contributed by atoms with Crippen LogP contribution >= 0.6 is 11.5 Å². The van der Waals surface area contributed by atoms with Crippen LogP contribution in [0.15, 0.2) is 18.2 Å². The summed E-state index contributed by atoms with van der Waals surface area (Å²) in [6, 6.07) is 5.31. The van der Waals surface area contributed by atoms with Gasteiger partial charge in [-0.25, -0.2) is 0 Å². The molecule has 0 spiro atoms. The summed E-state index contributed by atoms with van der Waals surface area (Å²) >= 11 is 1.20. The minimum atomic E-state index is -0.0448. The fraction of sp³-hybridized carbons (Fsp3) is 0. The van der Waals surface area contributed by atoms with Crippen molar-refractivity contribution in [1.29, 1.82) is 5.41 Å². The predicted molar refractivity (Wildman–Crippen MR) is 49.2 cm³/mol. The second-order valence-electron chi connectivity index (χ2n) is 2.41. The van der Waals surface area contributed by atoms with Gasteiger partial charge < -0.3 is 0 Å². The van der Waals surface area contributed by atoms with E-state index in [0.717, 1.165) is 10.2 Å². The second kappa shape index (κ2) is 3.08. The third kappa shape index (κ3) is 1.25. The van der Waals surface area contributed by atoms with E-state index in [0.29, 0.717) is 5.56 Å². The van der Waals surface area contributed by atoms with E-state index in [4.69, 9.17) is 10.6 Å². The van der Waals surface area contributed by atoms with Gasteiger partial charge in [-0.05, 0) is 23.7 Å². The smallest absolute Gasteiger partial charge is 0.150 e. The van der Waals surface area contributed by atoms with E-state index in [-0.39, 0.29) is 5.84 Å². The molecule has 2 rings (SSSR count). The van der Waals surface area contributed by atoms with Crippen LogP contribution in [0.2, 0.25) is 0 Å². The first-order valence-corrected chi connectivity index (χ1v) is 4.30. The van der Waals surface area contributed by atoms with Crippen LogP contribution in [-0.2, 0) is 0 Å². The molecule has 0 aliphatic rings. The van der Waals surface area contributed by atoms with Crippen molar-refractivity contribution in [3.05, 3.63) is 23.8 Å². The van der Waals surface area contributed by atoms with Crippen molar-refractivity contribution in [2.24, 2.45) is 0 Å². The molecule has 1 heterocycles. The van der Waals surface area contributed by atoms with Crippen LogP contribution in [-0.4, -0.2) is 20.6 Å². The summed E-state index contributed by atoms with van der Waals surface area (Å²) in [7, 11) is 0. The molecule has 6 heteroatoms. The molecule has 0 atom stereocenters. The summed E-state index contributed by atoms with van der Waals surface area (Å²) in [5.41, 5.74) is 3.14. The van der Waals surface area contributed by atoms with Gasteiger partial charge in [0.25, 0.3) is 0 Å². The number of aromatic nitrogens is 2. The summed E-state index contributed by atoms with van der Waals surface area (Å²) in [6.07, 6.45) is 0. The van der Waals surface area contributed by atoms with Crippen LogP contribution in [0.1, 0.15) is 5.56 Å². The fourth-order valence-electron chi connectivity index (χ4n) is 1.06. The maximum atomic E-state index is 8.57. The molecule has 66 valence electrons. The van der Waals surface area contributed by atoms with Crippen LogP contribution in [0, 0.1) is 5.41 Å². The molecule has 5 nitrogen and oxygen atoms in total. The van der Waals surface area contributed by atoms with Gasteiger partial charge in [0.05, 0.1) is 4.70 Å². The Morgan fingerprint density at radius 1 is 1.54 bits per heavy atom. The molecule has 0 fully saturated rings. The van der Waals surface area contributed by atoms with Crippen molar-refractivity contribution in [2.45, 2.75) is 0 Å². The Labute approximate surface area is 77.7 Å². The highest BCUT2D eigenvalue weighted by Crippen LogP contribution is 2.19. The topological polar surface area (TPSA) is 81.9 Å². The highest BCUT2D eigenvalue weighted by molar-refractivity contribution is 7.13. The zero-order chi connectivity index (χ0) is 9.26. The quantitative estimate of drug-likeness (QED) is 0.359. The lowest BCUT2D eigenvalue weighted by molar-refractivity contribution is 0.234. The lowest BCUT2D eigenvalue weighted by atomic mass is 10.2. The summed E-state index contributed by atoms with van der Waals surface area (Å²) in [4.78, 5) is 0. The molecule has 13 heavy (non-hydrogen) atoms. The molecule has 3 N–H and O–H groups in total. The van der Waals surface area contributed by atoms with Gasteiger partial charge in [0.1, 0.15) is 5.52 Å². The maximum Gasteiger partial charge on any atom is 0.150 e. The first-order chi connectivity index (χ1) is 6.33. The Hall–Kier alpha value is -1.53. The van der Waals surface area contributed by atoms with Crippen LogP contribution in [0.5, 0.6) is 0 Å². The average molecular weight is 194 g/mol. The number of benzene rings is 1. The van der Waals surface area contributed by atoms with E-state index in [1.165, 1.54) is 11.5 Å². The third-order valence-electron chi connectivity index (χ3n) is 1.66. The molecular weight excluding hydrogens is 188 g/mol. The van der Waals surface area contributed by atoms with Gasteiger partial charge in [-0.1, -0.05) is 10.6 Å². The van der Waals surface area contributed by atoms with E-state index in [1.807, 2.05) is 6.07 Å². The van der Waals surface area contributed by atoms with E-state index in [9.17, 15) is 0 Å². The van der Waals surface area contributed by atoms with Gasteiger partial charge in [-0.15, -0.1) is 5.10 Å². The van der Waals surface area contributed by atoms with Crippen molar-refractivity contribution in [1.82, 2.24) is 15.1 Å². The lowest BCUT2D eigenvalue weighted by Crippen LogP contribution is -2.18. The third-order valence-corrected chi connectivity index (χ3v) is 2.43. The fourth-order valence-corrected chi connectivity index (χ4v) is 1.74. The summed E-state index contributed by atoms with van der Waals surface area (Å²) < 4.78 is 4.56. The number of nitrogens with one attached hydrogen (secondary N) is 2. The maximum absolute atomic E-state index is 8.57. The molecule has 2 aromatic rings. The first kappa shape index (κ1) is 8.09. The van der Waals surface area contributed by atoms with Crippen molar-refractivity contribution in [3.63, 3.8) is 0 Å². The standard InChI is InChI=1S/C7H6N4OS/c8-7(10-12)4-2-1-3-5-6(4)13-11-9-5/h1-3,12H,(H2,8,10). The highest BCUT2D eigenvalue weighted by atomic mass is 32.1. The molecule has 0 unspecified atom stereocenters. The predicted octanol–water partition coefficient (Wildman–Crippen LogP) is 0.995. The molecular formula is C7H6N4OS. The zero-order valence-corrected chi connectivity index (χ0v) is 7.30. The van der Waals surface area contributed by atoms with E-state index >= 15 is 0 Å². The van der Waals surface area contributed by atoms with Gasteiger partial charge in [-0.2, -0.15) is 0 Å². The van der Waals surface area contributed by atoms with E-state index in [2.05, 4.69) is 9.59 Å². The van der Waals surface area contributed by atoms with Crippen molar-refractivity contribution < 1.29 is 5.21 Å².